The molecule has 7 nitrogen and oxygen atoms in total. The second-order valence-corrected chi connectivity index (χ2v) is 5.18. The van der Waals surface area contributed by atoms with Crippen molar-refractivity contribution in [2.45, 2.75) is 18.9 Å². The van der Waals surface area contributed by atoms with E-state index in [-0.39, 0.29) is 6.04 Å². The van der Waals surface area contributed by atoms with E-state index in [1.54, 1.807) is 0 Å². The molecule has 7 heteroatoms. The fourth-order valence-corrected chi connectivity index (χ4v) is 2.81. The molecule has 2 aliphatic rings. The van der Waals surface area contributed by atoms with Crippen molar-refractivity contribution in [2.75, 3.05) is 25.2 Å². The summed E-state index contributed by atoms with van der Waals surface area (Å²) in [5, 5.41) is 7.87. The van der Waals surface area contributed by atoms with Crippen LogP contribution in [-0.4, -0.2) is 34.6 Å². The van der Waals surface area contributed by atoms with Gasteiger partial charge in [0.2, 0.25) is 12.7 Å². The van der Waals surface area contributed by atoms with Gasteiger partial charge >= 0.3 is 0 Å². The van der Waals surface area contributed by atoms with Gasteiger partial charge in [-0.15, -0.1) is 0 Å². The Morgan fingerprint density at radius 3 is 3.14 bits per heavy atom. The molecule has 1 aromatic carbocycles. The van der Waals surface area contributed by atoms with Gasteiger partial charge in [-0.2, -0.15) is 10.1 Å². The quantitative estimate of drug-likeness (QED) is 0.872. The topological polar surface area (TPSA) is 87.2 Å². The number of rotatable bonds is 3. The molecule has 0 saturated carbocycles. The number of hydrogen-bond donors (Lipinski definition) is 2. The lowest BCUT2D eigenvalue weighted by molar-refractivity contribution is 0.174. The van der Waals surface area contributed by atoms with E-state index in [2.05, 4.69) is 21.5 Å². The van der Waals surface area contributed by atoms with Crippen molar-refractivity contribution in [3.63, 3.8) is 0 Å². The van der Waals surface area contributed by atoms with Crippen LogP contribution in [0, 0.1) is 0 Å². The van der Waals surface area contributed by atoms with Crippen LogP contribution < -0.4 is 20.5 Å². The highest BCUT2D eigenvalue weighted by Crippen LogP contribution is 2.37. The van der Waals surface area contributed by atoms with Gasteiger partial charge in [-0.3, -0.25) is 0 Å². The third-order valence-electron chi connectivity index (χ3n) is 3.82. The van der Waals surface area contributed by atoms with Crippen LogP contribution in [0.5, 0.6) is 11.5 Å². The first-order valence-corrected chi connectivity index (χ1v) is 7.14. The van der Waals surface area contributed by atoms with Crippen LogP contribution >= 0.6 is 0 Å². The largest absolute Gasteiger partial charge is 0.454 e. The third kappa shape index (κ3) is 2.09. The van der Waals surface area contributed by atoms with Gasteiger partial charge in [0.1, 0.15) is 0 Å². The molecule has 1 aromatic heterocycles. The fourth-order valence-electron chi connectivity index (χ4n) is 2.81. The molecule has 0 radical (unpaired) electrons. The minimum Gasteiger partial charge on any atom is -0.454 e. The van der Waals surface area contributed by atoms with Crippen molar-refractivity contribution < 1.29 is 9.47 Å². The molecule has 2 aliphatic heterocycles. The van der Waals surface area contributed by atoms with Gasteiger partial charge in [-0.25, -0.2) is 4.68 Å². The zero-order valence-corrected chi connectivity index (χ0v) is 11.6. The van der Waals surface area contributed by atoms with Gasteiger partial charge in [0, 0.05) is 13.0 Å². The Morgan fingerprint density at radius 1 is 1.33 bits per heavy atom. The van der Waals surface area contributed by atoms with Crippen molar-refractivity contribution in [1.29, 1.82) is 0 Å². The fraction of sp³-hybridized carbons (Fsp3) is 0.429. The molecular weight excluding hydrogens is 270 g/mol. The maximum absolute atomic E-state index is 5.59. The summed E-state index contributed by atoms with van der Waals surface area (Å²) >= 11 is 0. The van der Waals surface area contributed by atoms with E-state index in [0.717, 1.165) is 41.8 Å². The van der Waals surface area contributed by atoms with Crippen molar-refractivity contribution >= 4 is 5.95 Å². The molecule has 1 atom stereocenters. The summed E-state index contributed by atoms with van der Waals surface area (Å²) in [6.45, 7) is 1.72. The minimum absolute atomic E-state index is 0.162. The number of anilines is 1. The highest BCUT2D eigenvalue weighted by Gasteiger charge is 2.26. The molecule has 21 heavy (non-hydrogen) atoms. The van der Waals surface area contributed by atoms with Crippen LogP contribution in [-0.2, 0) is 6.42 Å². The summed E-state index contributed by atoms with van der Waals surface area (Å²) in [6, 6.07) is 6.22. The molecule has 3 heterocycles. The zero-order valence-electron chi connectivity index (χ0n) is 11.6. The molecule has 0 saturated heterocycles. The van der Waals surface area contributed by atoms with Gasteiger partial charge in [0.15, 0.2) is 17.3 Å². The summed E-state index contributed by atoms with van der Waals surface area (Å²) < 4.78 is 12.8. The lowest BCUT2D eigenvalue weighted by atomic mass is 10.0. The monoisotopic (exact) mass is 287 g/mol. The molecule has 0 spiro atoms. The van der Waals surface area contributed by atoms with Crippen molar-refractivity contribution in [3.8, 4) is 11.5 Å². The number of nitrogens with zero attached hydrogens (tertiary/aromatic N) is 3. The Morgan fingerprint density at radius 2 is 2.24 bits per heavy atom. The average molecular weight is 287 g/mol. The van der Waals surface area contributed by atoms with E-state index >= 15 is 0 Å². The Hall–Kier alpha value is -2.28. The Bertz CT molecular complexity index is 669. The summed E-state index contributed by atoms with van der Waals surface area (Å²) in [4.78, 5) is 4.49. The van der Waals surface area contributed by atoms with Crippen molar-refractivity contribution in [2.24, 2.45) is 5.73 Å². The molecule has 0 fully saturated rings. The first kappa shape index (κ1) is 12.5. The first-order chi connectivity index (χ1) is 10.3. The molecule has 110 valence electrons. The molecule has 0 bridgehead atoms. The average Bonchev–Trinajstić information content (AvgIpc) is 3.12. The summed E-state index contributed by atoms with van der Waals surface area (Å²) in [6.07, 6.45) is 1.65. The normalized spacial score (nSPS) is 19.2. The lowest BCUT2D eigenvalue weighted by Crippen LogP contribution is -2.24. The van der Waals surface area contributed by atoms with E-state index in [0.29, 0.717) is 19.8 Å². The zero-order chi connectivity index (χ0) is 14.2. The number of fused-ring (bicyclic) bond motifs is 2. The second-order valence-electron chi connectivity index (χ2n) is 5.18. The van der Waals surface area contributed by atoms with Crippen LogP contribution in [0.2, 0.25) is 0 Å². The van der Waals surface area contributed by atoms with Crippen molar-refractivity contribution in [3.05, 3.63) is 29.6 Å². The van der Waals surface area contributed by atoms with Gasteiger partial charge in [-0.1, -0.05) is 6.07 Å². The number of nitrogens with one attached hydrogen (secondary N) is 1. The Kier molecular flexibility index (Phi) is 2.92. The van der Waals surface area contributed by atoms with Gasteiger partial charge < -0.3 is 20.5 Å². The van der Waals surface area contributed by atoms with Crippen LogP contribution in [0.3, 0.4) is 0 Å². The van der Waals surface area contributed by atoms with Crippen molar-refractivity contribution in [1.82, 2.24) is 14.8 Å². The third-order valence-corrected chi connectivity index (χ3v) is 3.82. The first-order valence-electron chi connectivity index (χ1n) is 7.14. The standard InChI is InChI=1S/C14H17N5O2/c15-5-3-13-17-14-16-6-4-10(19(14)18-13)9-1-2-11-12(7-9)21-8-20-11/h1-2,7,10H,3-6,8,15H2,(H,16,17,18). The molecule has 0 aliphatic carbocycles. The minimum atomic E-state index is 0.162. The molecule has 4 rings (SSSR count). The Labute approximate surface area is 122 Å². The molecule has 1 unspecified atom stereocenters. The van der Waals surface area contributed by atoms with E-state index in [1.807, 2.05) is 16.8 Å². The lowest BCUT2D eigenvalue weighted by Gasteiger charge is -2.24. The van der Waals surface area contributed by atoms with E-state index in [1.165, 1.54) is 0 Å². The number of nitrogens with two attached hydrogens (primary N) is 1. The number of ether oxygens (including phenoxy) is 2. The van der Waals surface area contributed by atoms with Gasteiger partial charge in [0.05, 0.1) is 6.04 Å². The predicted octanol–water partition coefficient (Wildman–Crippen LogP) is 0.913. The maximum Gasteiger partial charge on any atom is 0.231 e. The Balaban J connectivity index is 1.70. The van der Waals surface area contributed by atoms with E-state index in [4.69, 9.17) is 15.2 Å². The number of benzene rings is 1. The van der Waals surface area contributed by atoms with Crippen LogP contribution in [0.25, 0.3) is 0 Å². The maximum atomic E-state index is 5.59. The van der Waals surface area contributed by atoms with E-state index < -0.39 is 0 Å². The SMILES string of the molecule is NCCc1nc2n(n1)C(c1ccc3c(c1)OCO3)CCN2. The highest BCUT2D eigenvalue weighted by atomic mass is 16.7. The van der Waals surface area contributed by atoms with Gasteiger partial charge in [-0.05, 0) is 30.7 Å². The molecular formula is C14H17N5O2. The summed E-state index contributed by atoms with van der Waals surface area (Å²) in [5.41, 5.74) is 6.74. The van der Waals surface area contributed by atoms with Crippen LogP contribution in [0.1, 0.15) is 23.9 Å². The summed E-state index contributed by atoms with van der Waals surface area (Å²) in [5.74, 6) is 3.20. The van der Waals surface area contributed by atoms with Crippen LogP contribution in [0.4, 0.5) is 5.95 Å². The molecule has 0 amide bonds. The van der Waals surface area contributed by atoms with Crippen LogP contribution in [0.15, 0.2) is 18.2 Å². The number of aromatic nitrogens is 3. The second kappa shape index (κ2) is 4.92. The van der Waals surface area contributed by atoms with Gasteiger partial charge in [0.25, 0.3) is 0 Å². The molecule has 2 aromatic rings. The van der Waals surface area contributed by atoms with E-state index in [9.17, 15) is 0 Å². The molecule has 3 N–H and O–H groups in total. The smallest absolute Gasteiger partial charge is 0.231 e. The highest BCUT2D eigenvalue weighted by molar-refractivity contribution is 5.46. The number of hydrogen-bond acceptors (Lipinski definition) is 6. The predicted molar refractivity (Wildman–Crippen MR) is 76.6 cm³/mol. The summed E-state index contributed by atoms with van der Waals surface area (Å²) in [7, 11) is 0.